The highest BCUT2D eigenvalue weighted by molar-refractivity contribution is 6.90. The fourth-order valence-electron chi connectivity index (χ4n) is 5.02. The summed E-state index contributed by atoms with van der Waals surface area (Å²) in [5.74, 6) is 0.578. The maximum absolute atomic E-state index is 12.8. The highest BCUT2D eigenvalue weighted by atomic mass is 28.3. The molecule has 1 atom stereocenters. The Labute approximate surface area is 159 Å². The van der Waals surface area contributed by atoms with E-state index in [0.717, 1.165) is 0 Å². The van der Waals surface area contributed by atoms with Gasteiger partial charge in [-0.25, -0.2) is 4.79 Å². The molecular formula is C22H33NO2Si. The Morgan fingerprint density at radius 2 is 1.54 bits per heavy atom. The maximum atomic E-state index is 12.8. The number of para-hydroxylation sites is 1. The van der Waals surface area contributed by atoms with Crippen LogP contribution in [0.2, 0.25) is 16.6 Å². The molecule has 0 fully saturated rings. The van der Waals surface area contributed by atoms with Crippen molar-refractivity contribution in [3.05, 3.63) is 53.9 Å². The van der Waals surface area contributed by atoms with Crippen molar-refractivity contribution in [2.24, 2.45) is 0 Å². The number of hydrogen-bond donors (Lipinski definition) is 0. The summed E-state index contributed by atoms with van der Waals surface area (Å²) in [5, 5.41) is 1.45. The van der Waals surface area contributed by atoms with E-state index in [0.29, 0.717) is 22.4 Å². The van der Waals surface area contributed by atoms with Gasteiger partial charge in [0.2, 0.25) is 0 Å². The number of rotatable bonds is 5. The zero-order valence-electron chi connectivity index (χ0n) is 17.2. The molecule has 1 aromatic carbocycles. The van der Waals surface area contributed by atoms with E-state index in [1.54, 1.807) is 4.90 Å². The lowest BCUT2D eigenvalue weighted by molar-refractivity contribution is 0.162. The van der Waals surface area contributed by atoms with Gasteiger partial charge in [-0.05, 0) is 41.8 Å². The summed E-state index contributed by atoms with van der Waals surface area (Å²) in [7, 11) is -1.81. The molecule has 3 nitrogen and oxygen atoms in total. The molecule has 1 aliphatic rings. The first-order valence-electron chi connectivity index (χ1n) is 9.66. The lowest BCUT2D eigenvalue weighted by Gasteiger charge is -2.49. The second kappa shape index (κ2) is 8.25. The van der Waals surface area contributed by atoms with Gasteiger partial charge >= 0.3 is 6.09 Å². The zero-order valence-corrected chi connectivity index (χ0v) is 18.2. The normalized spacial score (nSPS) is 17.8. The highest BCUT2D eigenvalue weighted by Gasteiger charge is 2.48. The van der Waals surface area contributed by atoms with Crippen LogP contribution in [0.5, 0.6) is 5.75 Å². The predicted octanol–water partition coefficient (Wildman–Crippen LogP) is 6.55. The first kappa shape index (κ1) is 20.5. The predicted molar refractivity (Wildman–Crippen MR) is 112 cm³/mol. The van der Waals surface area contributed by atoms with Gasteiger partial charge in [0, 0.05) is 6.20 Å². The Bertz CT molecular complexity index is 655. The quantitative estimate of drug-likeness (QED) is 0.549. The summed E-state index contributed by atoms with van der Waals surface area (Å²) in [6, 6.07) is 9.30. The van der Waals surface area contributed by atoms with Crippen molar-refractivity contribution < 1.29 is 9.53 Å². The number of benzene rings is 1. The maximum Gasteiger partial charge on any atom is 0.419 e. The molecule has 0 spiro atoms. The first-order valence-corrected chi connectivity index (χ1v) is 11.9. The number of carbonyl (C=O) groups is 1. The Morgan fingerprint density at radius 3 is 2.04 bits per heavy atom. The van der Waals surface area contributed by atoms with Crippen LogP contribution >= 0.6 is 0 Å². The van der Waals surface area contributed by atoms with Gasteiger partial charge < -0.3 is 4.74 Å². The highest BCUT2D eigenvalue weighted by Crippen LogP contribution is 2.48. The number of ether oxygens (including phenoxy) is 1. The minimum Gasteiger partial charge on any atom is -0.410 e. The molecule has 0 saturated heterocycles. The molecule has 0 radical (unpaired) electrons. The molecule has 4 heteroatoms. The topological polar surface area (TPSA) is 29.5 Å². The van der Waals surface area contributed by atoms with E-state index in [2.05, 4.69) is 54.5 Å². The van der Waals surface area contributed by atoms with Gasteiger partial charge in [0.25, 0.3) is 0 Å². The van der Waals surface area contributed by atoms with Crippen LogP contribution in [-0.2, 0) is 0 Å². The van der Waals surface area contributed by atoms with Crippen LogP contribution in [0.3, 0.4) is 0 Å². The lowest BCUT2D eigenvalue weighted by atomic mass is 10.2. The van der Waals surface area contributed by atoms with Crippen LogP contribution in [0, 0.1) is 0 Å². The third-order valence-electron chi connectivity index (χ3n) is 5.92. The monoisotopic (exact) mass is 371 g/mol. The molecule has 0 aliphatic carbocycles. The summed E-state index contributed by atoms with van der Waals surface area (Å²) in [5.41, 5.74) is 1.82. The number of hydrogen-bond acceptors (Lipinski definition) is 2. The lowest BCUT2D eigenvalue weighted by Crippen LogP contribution is -2.54. The molecule has 1 heterocycles. The molecule has 1 aromatic rings. The van der Waals surface area contributed by atoms with Crippen molar-refractivity contribution in [3.8, 4) is 5.75 Å². The molecular weight excluding hydrogens is 338 g/mol. The van der Waals surface area contributed by atoms with Crippen LogP contribution in [0.15, 0.2) is 53.9 Å². The summed E-state index contributed by atoms with van der Waals surface area (Å²) < 4.78 is 5.59. The van der Waals surface area contributed by atoms with E-state index >= 15 is 0 Å². The van der Waals surface area contributed by atoms with E-state index in [9.17, 15) is 4.79 Å². The smallest absolute Gasteiger partial charge is 0.410 e. The molecule has 1 aliphatic heterocycles. The van der Waals surface area contributed by atoms with Gasteiger partial charge in [-0.15, -0.1) is 0 Å². The summed E-state index contributed by atoms with van der Waals surface area (Å²) in [6.07, 6.45) is 5.81. The van der Waals surface area contributed by atoms with Gasteiger partial charge in [0.1, 0.15) is 5.75 Å². The SMILES string of the molecule is CC1C([Si](C(C)C)(C(C)C)C(C)C)=CC=CN1C(=O)Oc1ccccc1. The third-order valence-corrected chi connectivity index (χ3v) is 13.2. The van der Waals surface area contributed by atoms with E-state index in [1.807, 2.05) is 42.6 Å². The van der Waals surface area contributed by atoms with Gasteiger partial charge in [-0.2, -0.15) is 0 Å². The average molecular weight is 372 g/mol. The second-order valence-corrected chi connectivity index (χ2v) is 14.0. The van der Waals surface area contributed by atoms with Crippen LogP contribution in [0.1, 0.15) is 48.5 Å². The van der Waals surface area contributed by atoms with E-state index in [4.69, 9.17) is 4.74 Å². The van der Waals surface area contributed by atoms with Crippen LogP contribution in [0.4, 0.5) is 4.79 Å². The van der Waals surface area contributed by atoms with Gasteiger partial charge in [0.15, 0.2) is 0 Å². The number of nitrogens with zero attached hydrogens (tertiary/aromatic N) is 1. The van der Waals surface area contributed by atoms with Crippen molar-refractivity contribution >= 4 is 14.2 Å². The van der Waals surface area contributed by atoms with Crippen molar-refractivity contribution in [3.63, 3.8) is 0 Å². The zero-order chi connectivity index (χ0) is 19.5. The number of carbonyl (C=O) groups excluding carboxylic acids is 1. The Balaban J connectivity index is 2.33. The van der Waals surface area contributed by atoms with Crippen LogP contribution < -0.4 is 4.74 Å². The molecule has 1 unspecified atom stereocenters. The van der Waals surface area contributed by atoms with Crippen LogP contribution in [-0.4, -0.2) is 25.1 Å². The van der Waals surface area contributed by atoms with E-state index in [-0.39, 0.29) is 12.1 Å². The minimum atomic E-state index is -1.81. The number of amides is 1. The molecule has 0 saturated carbocycles. The summed E-state index contributed by atoms with van der Waals surface area (Å²) in [4.78, 5) is 14.5. The van der Waals surface area contributed by atoms with Crippen LogP contribution in [0.25, 0.3) is 0 Å². The van der Waals surface area contributed by atoms with Gasteiger partial charge in [-0.3, -0.25) is 4.90 Å². The Hall–Kier alpha value is -1.81. The largest absolute Gasteiger partial charge is 0.419 e. The molecule has 0 aromatic heterocycles. The summed E-state index contributed by atoms with van der Waals surface area (Å²) >= 11 is 0. The second-order valence-electron chi connectivity index (χ2n) is 8.12. The standard InChI is InChI=1S/C22H33NO2Si/c1-16(2)26(17(3)4,18(5)6)21-14-11-15-23(19(21)7)22(24)25-20-12-9-8-10-13-20/h8-19H,1-7H3. The fourth-order valence-corrected chi connectivity index (χ4v) is 12.3. The number of allylic oxidation sites excluding steroid dienone is 2. The van der Waals surface area contributed by atoms with Crippen molar-refractivity contribution in [2.75, 3.05) is 0 Å². The molecule has 26 heavy (non-hydrogen) atoms. The Morgan fingerprint density at radius 1 is 1.00 bits per heavy atom. The van der Waals surface area contributed by atoms with Crippen molar-refractivity contribution in [1.82, 2.24) is 4.90 Å². The third kappa shape index (κ3) is 3.66. The van der Waals surface area contributed by atoms with E-state index in [1.165, 1.54) is 5.20 Å². The molecule has 0 bridgehead atoms. The van der Waals surface area contributed by atoms with E-state index < -0.39 is 8.07 Å². The van der Waals surface area contributed by atoms with Crippen molar-refractivity contribution in [2.45, 2.75) is 71.1 Å². The summed E-state index contributed by atoms with van der Waals surface area (Å²) in [6.45, 7) is 16.2. The fraction of sp³-hybridized carbons (Fsp3) is 0.500. The molecule has 1 amide bonds. The molecule has 142 valence electrons. The Kier molecular flexibility index (Phi) is 6.51. The average Bonchev–Trinajstić information content (AvgIpc) is 2.56. The molecule has 0 N–H and O–H groups in total. The first-order chi connectivity index (χ1) is 12.2. The minimum absolute atomic E-state index is 0.0232. The van der Waals surface area contributed by atoms with Gasteiger partial charge in [0.05, 0.1) is 14.1 Å². The van der Waals surface area contributed by atoms with Crippen molar-refractivity contribution in [1.29, 1.82) is 0 Å². The molecule has 2 rings (SSSR count). The van der Waals surface area contributed by atoms with Gasteiger partial charge in [-0.1, -0.05) is 71.0 Å².